The van der Waals surface area contributed by atoms with E-state index in [9.17, 15) is 4.79 Å². The van der Waals surface area contributed by atoms with Crippen molar-refractivity contribution >= 4 is 33.5 Å². The summed E-state index contributed by atoms with van der Waals surface area (Å²) in [6.07, 6.45) is 3.09. The molecule has 2 rings (SSSR count). The first kappa shape index (κ1) is 13.2. The standard InChI is InChI=1S/C14H17BrOS/c1-10(16)8-11-2-3-13(14(15)9-11)12-4-6-17-7-5-12/h2-3,9,12H,4-8H2,1H3. The fourth-order valence-electron chi connectivity index (χ4n) is 2.31. The maximum Gasteiger partial charge on any atom is 0.134 e. The molecule has 1 heterocycles. The van der Waals surface area contributed by atoms with E-state index in [1.165, 1.54) is 34.4 Å². The maximum atomic E-state index is 11.1. The van der Waals surface area contributed by atoms with E-state index >= 15 is 0 Å². The molecule has 1 saturated heterocycles. The van der Waals surface area contributed by atoms with Gasteiger partial charge in [0.2, 0.25) is 0 Å². The monoisotopic (exact) mass is 312 g/mol. The summed E-state index contributed by atoms with van der Waals surface area (Å²) >= 11 is 5.71. The summed E-state index contributed by atoms with van der Waals surface area (Å²) in [7, 11) is 0. The first-order valence-electron chi connectivity index (χ1n) is 6.02. The molecule has 17 heavy (non-hydrogen) atoms. The highest BCUT2D eigenvalue weighted by Gasteiger charge is 2.18. The molecule has 0 aliphatic carbocycles. The van der Waals surface area contributed by atoms with Crippen LogP contribution in [0.5, 0.6) is 0 Å². The zero-order chi connectivity index (χ0) is 12.3. The number of Topliss-reactive ketones (excluding diaryl/α,β-unsaturated/α-hetero) is 1. The molecule has 1 aromatic carbocycles. The van der Waals surface area contributed by atoms with Crippen LogP contribution < -0.4 is 0 Å². The van der Waals surface area contributed by atoms with Gasteiger partial charge in [-0.15, -0.1) is 0 Å². The normalized spacial score (nSPS) is 17.1. The summed E-state index contributed by atoms with van der Waals surface area (Å²) in [5.74, 6) is 3.45. The molecule has 1 aliphatic heterocycles. The minimum absolute atomic E-state index is 0.221. The molecule has 0 N–H and O–H groups in total. The summed E-state index contributed by atoms with van der Waals surface area (Å²) in [6, 6.07) is 6.41. The summed E-state index contributed by atoms with van der Waals surface area (Å²) in [6.45, 7) is 1.64. The molecule has 1 nitrogen and oxygen atoms in total. The van der Waals surface area contributed by atoms with Gasteiger partial charge in [-0.05, 0) is 54.4 Å². The van der Waals surface area contributed by atoms with E-state index in [1.54, 1.807) is 6.92 Å². The number of benzene rings is 1. The van der Waals surface area contributed by atoms with Crippen LogP contribution in [0.15, 0.2) is 22.7 Å². The molecule has 0 amide bonds. The van der Waals surface area contributed by atoms with Gasteiger partial charge in [0.25, 0.3) is 0 Å². The molecule has 1 aromatic rings. The number of rotatable bonds is 3. The average molecular weight is 313 g/mol. The van der Waals surface area contributed by atoms with Gasteiger partial charge in [-0.3, -0.25) is 4.79 Å². The minimum Gasteiger partial charge on any atom is -0.300 e. The molecular weight excluding hydrogens is 296 g/mol. The summed E-state index contributed by atoms with van der Waals surface area (Å²) < 4.78 is 1.17. The summed E-state index contributed by atoms with van der Waals surface area (Å²) in [4.78, 5) is 11.1. The van der Waals surface area contributed by atoms with Crippen LogP contribution in [0, 0.1) is 0 Å². The third-order valence-corrected chi connectivity index (χ3v) is 4.91. The van der Waals surface area contributed by atoms with Gasteiger partial charge in [0.1, 0.15) is 5.78 Å². The predicted molar refractivity (Wildman–Crippen MR) is 77.8 cm³/mol. The second kappa shape index (κ2) is 6.05. The lowest BCUT2D eigenvalue weighted by atomic mass is 9.92. The van der Waals surface area contributed by atoms with Crippen LogP contribution in [0.4, 0.5) is 0 Å². The molecule has 0 aromatic heterocycles. The molecule has 0 spiro atoms. The maximum absolute atomic E-state index is 11.1. The van der Waals surface area contributed by atoms with Gasteiger partial charge < -0.3 is 0 Å². The minimum atomic E-state index is 0.221. The number of hydrogen-bond donors (Lipinski definition) is 0. The van der Waals surface area contributed by atoms with Crippen LogP contribution in [0.1, 0.15) is 36.8 Å². The smallest absolute Gasteiger partial charge is 0.134 e. The van der Waals surface area contributed by atoms with Crippen molar-refractivity contribution < 1.29 is 4.79 Å². The van der Waals surface area contributed by atoms with Gasteiger partial charge in [0.15, 0.2) is 0 Å². The molecule has 0 unspecified atom stereocenters. The van der Waals surface area contributed by atoms with Crippen molar-refractivity contribution in [3.8, 4) is 0 Å². The zero-order valence-corrected chi connectivity index (χ0v) is 12.4. The average Bonchev–Trinajstić information content (AvgIpc) is 2.29. The number of ketones is 1. The van der Waals surface area contributed by atoms with Gasteiger partial charge in [-0.2, -0.15) is 11.8 Å². The van der Waals surface area contributed by atoms with E-state index in [1.807, 2.05) is 0 Å². The van der Waals surface area contributed by atoms with Crippen molar-refractivity contribution in [2.75, 3.05) is 11.5 Å². The summed E-state index contributed by atoms with van der Waals surface area (Å²) in [5, 5.41) is 0. The summed E-state index contributed by atoms with van der Waals surface area (Å²) in [5.41, 5.74) is 2.52. The lowest BCUT2D eigenvalue weighted by molar-refractivity contribution is -0.116. The van der Waals surface area contributed by atoms with E-state index in [-0.39, 0.29) is 5.78 Å². The predicted octanol–water partition coefficient (Wildman–Crippen LogP) is 4.19. The first-order valence-corrected chi connectivity index (χ1v) is 7.97. The Balaban J connectivity index is 2.15. The van der Waals surface area contributed by atoms with Crippen molar-refractivity contribution in [3.63, 3.8) is 0 Å². The molecule has 0 atom stereocenters. The van der Waals surface area contributed by atoms with E-state index in [4.69, 9.17) is 0 Å². The van der Waals surface area contributed by atoms with Crippen molar-refractivity contribution in [2.24, 2.45) is 0 Å². The van der Waals surface area contributed by atoms with Crippen LogP contribution in [-0.4, -0.2) is 17.3 Å². The Hall–Kier alpha value is -0.280. The van der Waals surface area contributed by atoms with Gasteiger partial charge in [-0.25, -0.2) is 0 Å². The lowest BCUT2D eigenvalue weighted by Crippen LogP contribution is -2.08. The van der Waals surface area contributed by atoms with E-state index in [2.05, 4.69) is 45.9 Å². The Morgan fingerprint density at radius 1 is 1.41 bits per heavy atom. The Morgan fingerprint density at radius 3 is 2.71 bits per heavy atom. The zero-order valence-electron chi connectivity index (χ0n) is 10.0. The van der Waals surface area contributed by atoms with Crippen molar-refractivity contribution in [2.45, 2.75) is 32.1 Å². The van der Waals surface area contributed by atoms with Gasteiger partial charge >= 0.3 is 0 Å². The Kier molecular flexibility index (Phi) is 4.69. The van der Waals surface area contributed by atoms with E-state index in [0.717, 1.165) is 5.56 Å². The SMILES string of the molecule is CC(=O)Cc1ccc(C2CCSCC2)c(Br)c1. The molecular formula is C14H17BrOS. The van der Waals surface area contributed by atoms with Crippen LogP contribution >= 0.6 is 27.7 Å². The second-order valence-corrected chi connectivity index (χ2v) is 6.70. The van der Waals surface area contributed by atoms with Crippen LogP contribution in [0.25, 0.3) is 0 Å². The van der Waals surface area contributed by atoms with E-state index < -0.39 is 0 Å². The lowest BCUT2D eigenvalue weighted by Gasteiger charge is -2.23. The fraction of sp³-hybridized carbons (Fsp3) is 0.500. The van der Waals surface area contributed by atoms with Gasteiger partial charge in [0, 0.05) is 10.9 Å². The van der Waals surface area contributed by atoms with Crippen LogP contribution in [-0.2, 0) is 11.2 Å². The molecule has 0 saturated carbocycles. The van der Waals surface area contributed by atoms with Crippen molar-refractivity contribution in [1.82, 2.24) is 0 Å². The number of carbonyl (C=O) groups is 1. The van der Waals surface area contributed by atoms with Gasteiger partial charge in [0.05, 0.1) is 0 Å². The Bertz CT molecular complexity index is 411. The molecule has 92 valence electrons. The fourth-order valence-corrected chi connectivity index (χ4v) is 4.16. The highest BCUT2D eigenvalue weighted by atomic mass is 79.9. The molecule has 3 heteroatoms. The number of hydrogen-bond acceptors (Lipinski definition) is 2. The quantitative estimate of drug-likeness (QED) is 0.832. The highest BCUT2D eigenvalue weighted by Crippen LogP contribution is 2.35. The molecule has 1 aliphatic rings. The topological polar surface area (TPSA) is 17.1 Å². The molecule has 0 radical (unpaired) electrons. The Labute approximate surface area is 115 Å². The van der Waals surface area contributed by atoms with E-state index in [0.29, 0.717) is 12.3 Å². The Morgan fingerprint density at radius 2 is 2.12 bits per heavy atom. The number of carbonyl (C=O) groups excluding carboxylic acids is 1. The van der Waals surface area contributed by atoms with Crippen LogP contribution in [0.3, 0.4) is 0 Å². The first-order chi connectivity index (χ1) is 8.16. The molecule has 0 bridgehead atoms. The number of halogens is 1. The second-order valence-electron chi connectivity index (χ2n) is 4.62. The van der Waals surface area contributed by atoms with Gasteiger partial charge in [-0.1, -0.05) is 28.1 Å². The van der Waals surface area contributed by atoms with Crippen molar-refractivity contribution in [3.05, 3.63) is 33.8 Å². The third kappa shape index (κ3) is 3.59. The van der Waals surface area contributed by atoms with Crippen LogP contribution in [0.2, 0.25) is 0 Å². The van der Waals surface area contributed by atoms with Crippen molar-refractivity contribution in [1.29, 1.82) is 0 Å². The highest BCUT2D eigenvalue weighted by molar-refractivity contribution is 9.10. The third-order valence-electron chi connectivity index (χ3n) is 3.18. The largest absolute Gasteiger partial charge is 0.300 e. The number of thioether (sulfide) groups is 1. The molecule has 1 fully saturated rings.